The summed E-state index contributed by atoms with van der Waals surface area (Å²) in [6, 6.07) is 7.87. The highest BCUT2D eigenvalue weighted by atomic mass is 32.2. The molecular weight excluding hydrogens is 312 g/mol. The fraction of sp³-hybridized carbons (Fsp3) is 0.588. The molecule has 2 atom stereocenters. The second kappa shape index (κ2) is 6.24. The fourth-order valence-electron chi connectivity index (χ4n) is 3.61. The molecule has 6 heteroatoms. The third-order valence-electron chi connectivity index (χ3n) is 4.93. The van der Waals surface area contributed by atoms with Crippen molar-refractivity contribution in [3.05, 3.63) is 29.8 Å². The van der Waals surface area contributed by atoms with Crippen LogP contribution < -0.4 is 4.90 Å². The number of benzene rings is 1. The van der Waals surface area contributed by atoms with Crippen molar-refractivity contribution in [2.45, 2.75) is 25.8 Å². The van der Waals surface area contributed by atoms with Gasteiger partial charge in [-0.05, 0) is 44.9 Å². The molecule has 0 aromatic heterocycles. The van der Waals surface area contributed by atoms with Gasteiger partial charge in [-0.2, -0.15) is 0 Å². The van der Waals surface area contributed by atoms with E-state index in [2.05, 4.69) is 0 Å². The summed E-state index contributed by atoms with van der Waals surface area (Å²) in [5.74, 6) is 0.836. The van der Waals surface area contributed by atoms with Crippen LogP contribution in [0, 0.1) is 12.8 Å². The minimum absolute atomic E-state index is 0.122. The average molecular weight is 336 g/mol. The maximum Gasteiger partial charge on any atom is 0.244 e. The number of carbonyl (C=O) groups is 1. The number of hydrogen-bond donors (Lipinski definition) is 0. The number of nitrogens with zero attached hydrogens (tertiary/aromatic N) is 2. The first-order valence-electron chi connectivity index (χ1n) is 8.14. The van der Waals surface area contributed by atoms with Gasteiger partial charge in [-0.1, -0.05) is 17.7 Å². The van der Waals surface area contributed by atoms with Gasteiger partial charge in [0.25, 0.3) is 0 Å². The van der Waals surface area contributed by atoms with Gasteiger partial charge in [0.1, 0.15) is 0 Å². The van der Waals surface area contributed by atoms with E-state index in [-0.39, 0.29) is 23.6 Å². The summed E-state index contributed by atoms with van der Waals surface area (Å²) in [4.78, 5) is 16.6. The van der Waals surface area contributed by atoms with Gasteiger partial charge in [0.15, 0.2) is 9.84 Å². The first kappa shape index (κ1) is 16.5. The van der Waals surface area contributed by atoms with Crippen LogP contribution in [0.3, 0.4) is 0 Å². The van der Waals surface area contributed by atoms with Gasteiger partial charge in [-0.3, -0.25) is 9.69 Å². The van der Waals surface area contributed by atoms with Crippen molar-refractivity contribution in [2.75, 3.05) is 36.5 Å². The van der Waals surface area contributed by atoms with Crippen molar-refractivity contribution in [3.63, 3.8) is 0 Å². The number of anilines is 1. The van der Waals surface area contributed by atoms with E-state index in [1.54, 1.807) is 0 Å². The van der Waals surface area contributed by atoms with Crippen LogP contribution in [0.15, 0.2) is 24.3 Å². The molecule has 2 fully saturated rings. The largest absolute Gasteiger partial charge is 0.311 e. The van der Waals surface area contributed by atoms with Crippen LogP contribution >= 0.6 is 0 Å². The quantitative estimate of drug-likeness (QED) is 0.835. The third-order valence-corrected chi connectivity index (χ3v) is 6.76. The minimum atomic E-state index is -2.86. The molecule has 1 aromatic rings. The number of carbonyl (C=O) groups excluding carboxylic acids is 1. The molecule has 1 aromatic carbocycles. The van der Waals surface area contributed by atoms with Gasteiger partial charge in [0, 0.05) is 18.8 Å². The Bertz CT molecular complexity index is 684. The molecule has 0 aliphatic carbocycles. The van der Waals surface area contributed by atoms with Gasteiger partial charge in [0.2, 0.25) is 5.91 Å². The predicted octanol–water partition coefficient (Wildman–Crippen LogP) is 1.47. The van der Waals surface area contributed by atoms with Crippen molar-refractivity contribution in [3.8, 4) is 0 Å². The van der Waals surface area contributed by atoms with Crippen molar-refractivity contribution < 1.29 is 13.2 Å². The molecule has 2 heterocycles. The predicted molar refractivity (Wildman–Crippen MR) is 91.3 cm³/mol. The summed E-state index contributed by atoms with van der Waals surface area (Å²) in [6.45, 7) is 3.43. The monoisotopic (exact) mass is 336 g/mol. The number of aryl methyl sites for hydroxylation is 1. The molecule has 0 spiro atoms. The lowest BCUT2D eigenvalue weighted by Crippen LogP contribution is -2.42. The number of sulfone groups is 1. The van der Waals surface area contributed by atoms with Crippen LogP contribution in [0.5, 0.6) is 0 Å². The third kappa shape index (κ3) is 3.58. The van der Waals surface area contributed by atoms with E-state index >= 15 is 0 Å². The number of hydrogen-bond acceptors (Lipinski definition) is 4. The van der Waals surface area contributed by atoms with Crippen LogP contribution in [-0.4, -0.2) is 56.9 Å². The summed E-state index contributed by atoms with van der Waals surface area (Å²) in [5, 5.41) is 0. The molecule has 0 radical (unpaired) electrons. The molecule has 2 aliphatic rings. The van der Waals surface area contributed by atoms with Gasteiger partial charge >= 0.3 is 0 Å². The van der Waals surface area contributed by atoms with Crippen LogP contribution in [0.4, 0.5) is 5.69 Å². The molecule has 2 saturated heterocycles. The summed E-state index contributed by atoms with van der Waals surface area (Å²) in [7, 11) is -0.921. The van der Waals surface area contributed by atoms with Crippen molar-refractivity contribution in [2.24, 2.45) is 5.92 Å². The Kier molecular flexibility index (Phi) is 4.47. The van der Waals surface area contributed by atoms with Gasteiger partial charge in [-0.15, -0.1) is 0 Å². The summed E-state index contributed by atoms with van der Waals surface area (Å²) in [6.07, 6.45) is 1.51. The summed E-state index contributed by atoms with van der Waals surface area (Å²) >= 11 is 0. The first-order valence-corrected chi connectivity index (χ1v) is 9.96. The van der Waals surface area contributed by atoms with E-state index in [1.807, 2.05) is 48.0 Å². The Hall–Kier alpha value is -1.40. The van der Waals surface area contributed by atoms with E-state index in [1.165, 1.54) is 5.56 Å². The maximum absolute atomic E-state index is 12.7. The zero-order valence-electron chi connectivity index (χ0n) is 13.7. The first-order chi connectivity index (χ1) is 10.9. The molecule has 3 rings (SSSR count). The van der Waals surface area contributed by atoms with Crippen LogP contribution in [0.1, 0.15) is 18.4 Å². The number of rotatable bonds is 4. The second-order valence-electron chi connectivity index (χ2n) is 6.84. The lowest BCUT2D eigenvalue weighted by molar-refractivity contribution is -0.121. The highest BCUT2D eigenvalue weighted by molar-refractivity contribution is 7.91. The lowest BCUT2D eigenvalue weighted by atomic mass is 10.1. The topological polar surface area (TPSA) is 57.7 Å². The van der Waals surface area contributed by atoms with E-state index in [0.29, 0.717) is 12.3 Å². The van der Waals surface area contributed by atoms with E-state index in [0.717, 1.165) is 25.1 Å². The zero-order chi connectivity index (χ0) is 16.6. The standard InChI is InChI=1S/C17H24N2O3S/c1-13-3-5-15(6-4-13)19-9-7-16(17(19)20)18(2)11-14-8-10-23(21,22)12-14/h3-6,14,16H,7-12H2,1-2H3/t14-,16-/m1/s1. The molecular formula is C17H24N2O3S. The molecule has 0 saturated carbocycles. The molecule has 126 valence electrons. The van der Waals surface area contributed by atoms with Crippen molar-refractivity contribution >= 4 is 21.4 Å². The summed E-state index contributed by atoms with van der Waals surface area (Å²) in [5.41, 5.74) is 2.12. The molecule has 0 bridgehead atoms. The zero-order valence-corrected chi connectivity index (χ0v) is 14.6. The Morgan fingerprint density at radius 1 is 1.22 bits per heavy atom. The maximum atomic E-state index is 12.7. The van der Waals surface area contributed by atoms with Gasteiger partial charge in [0.05, 0.1) is 17.5 Å². The van der Waals surface area contributed by atoms with Crippen molar-refractivity contribution in [1.82, 2.24) is 4.90 Å². The molecule has 1 amide bonds. The summed E-state index contributed by atoms with van der Waals surface area (Å²) < 4.78 is 23.2. The molecule has 0 N–H and O–H groups in total. The molecule has 0 unspecified atom stereocenters. The number of likely N-dealkylation sites (N-methyl/N-ethyl adjacent to an activating group) is 1. The van der Waals surface area contributed by atoms with Crippen LogP contribution in [0.25, 0.3) is 0 Å². The highest BCUT2D eigenvalue weighted by Crippen LogP contribution is 2.26. The van der Waals surface area contributed by atoms with Crippen LogP contribution in [-0.2, 0) is 14.6 Å². The highest BCUT2D eigenvalue weighted by Gasteiger charge is 2.37. The van der Waals surface area contributed by atoms with E-state index < -0.39 is 9.84 Å². The Labute approximate surface area is 138 Å². The normalized spacial score (nSPS) is 27.1. The molecule has 5 nitrogen and oxygen atoms in total. The minimum Gasteiger partial charge on any atom is -0.311 e. The molecule has 2 aliphatic heterocycles. The fourth-order valence-corrected chi connectivity index (χ4v) is 5.45. The molecule has 23 heavy (non-hydrogen) atoms. The lowest BCUT2D eigenvalue weighted by Gasteiger charge is -2.26. The Morgan fingerprint density at radius 2 is 1.91 bits per heavy atom. The van der Waals surface area contributed by atoms with Gasteiger partial charge in [-0.25, -0.2) is 8.42 Å². The van der Waals surface area contributed by atoms with Crippen LogP contribution in [0.2, 0.25) is 0 Å². The second-order valence-corrected chi connectivity index (χ2v) is 9.07. The number of amides is 1. The SMILES string of the molecule is Cc1ccc(N2CC[C@@H](N(C)C[C@H]3CCS(=O)(=O)C3)C2=O)cc1. The van der Waals surface area contributed by atoms with E-state index in [4.69, 9.17) is 0 Å². The van der Waals surface area contributed by atoms with Crippen molar-refractivity contribution in [1.29, 1.82) is 0 Å². The van der Waals surface area contributed by atoms with Gasteiger partial charge < -0.3 is 4.90 Å². The smallest absolute Gasteiger partial charge is 0.244 e. The van der Waals surface area contributed by atoms with E-state index in [9.17, 15) is 13.2 Å². The Morgan fingerprint density at radius 3 is 2.52 bits per heavy atom. The average Bonchev–Trinajstić information content (AvgIpc) is 3.02. The Balaban J connectivity index is 1.63.